The van der Waals surface area contributed by atoms with Crippen LogP contribution in [-0.2, 0) is 0 Å². The summed E-state index contributed by atoms with van der Waals surface area (Å²) in [4.78, 5) is 38.0. The molecule has 0 aliphatic rings. The summed E-state index contributed by atoms with van der Waals surface area (Å²) in [6, 6.07) is 6.38. The predicted molar refractivity (Wildman–Crippen MR) is 80.9 cm³/mol. The number of pyridine rings is 1. The summed E-state index contributed by atoms with van der Waals surface area (Å²) in [6.07, 6.45) is 1.39. The molecule has 0 unspecified atom stereocenters. The molecule has 0 spiro atoms. The van der Waals surface area contributed by atoms with Gasteiger partial charge in [0, 0.05) is 29.2 Å². The monoisotopic (exact) mass is 284 g/mol. The molecule has 1 heterocycles. The fourth-order valence-electron chi connectivity index (χ4n) is 2.09. The van der Waals surface area contributed by atoms with Crippen molar-refractivity contribution >= 4 is 17.4 Å². The fourth-order valence-corrected chi connectivity index (χ4v) is 2.09. The lowest BCUT2D eigenvalue weighted by Gasteiger charge is -2.08. The van der Waals surface area contributed by atoms with Crippen LogP contribution in [0.1, 0.15) is 38.9 Å². The van der Waals surface area contributed by atoms with E-state index in [1.165, 1.54) is 19.2 Å². The number of ketones is 1. The summed E-state index contributed by atoms with van der Waals surface area (Å²) in [5, 5.41) is 2.66. The number of nitrogens with one attached hydrogen (secondary N) is 2. The normalized spacial score (nSPS) is 10.2. The van der Waals surface area contributed by atoms with Gasteiger partial charge in [-0.2, -0.15) is 0 Å². The van der Waals surface area contributed by atoms with E-state index < -0.39 is 5.91 Å². The third-order valence-corrected chi connectivity index (χ3v) is 3.17. The highest BCUT2D eigenvalue weighted by Crippen LogP contribution is 2.16. The molecule has 0 aliphatic carbocycles. The van der Waals surface area contributed by atoms with Crippen LogP contribution in [0, 0.1) is 13.8 Å². The van der Waals surface area contributed by atoms with Gasteiger partial charge in [0.1, 0.15) is 5.56 Å². The number of rotatable bonds is 3. The van der Waals surface area contributed by atoms with Crippen LogP contribution in [0.25, 0.3) is 0 Å². The SMILES string of the molecule is CC(=O)c1ccc(NC(=O)c2c[nH]c(C)cc2=O)cc1C. The summed E-state index contributed by atoms with van der Waals surface area (Å²) in [6.45, 7) is 5.03. The number of H-pyrrole nitrogens is 1. The number of benzene rings is 1. The van der Waals surface area contributed by atoms with Gasteiger partial charge in [0.15, 0.2) is 11.2 Å². The first-order valence-corrected chi connectivity index (χ1v) is 6.51. The van der Waals surface area contributed by atoms with E-state index in [0.717, 1.165) is 5.56 Å². The molecule has 1 aromatic heterocycles. The number of carbonyl (C=O) groups excluding carboxylic acids is 2. The molecule has 21 heavy (non-hydrogen) atoms. The molecule has 1 aromatic carbocycles. The molecular weight excluding hydrogens is 268 g/mol. The first-order valence-electron chi connectivity index (χ1n) is 6.51. The highest BCUT2D eigenvalue weighted by atomic mass is 16.2. The number of aromatic amines is 1. The molecule has 108 valence electrons. The molecular formula is C16H16N2O3. The van der Waals surface area contributed by atoms with Crippen molar-refractivity contribution in [1.82, 2.24) is 4.98 Å². The summed E-state index contributed by atoms with van der Waals surface area (Å²) < 4.78 is 0. The minimum absolute atomic E-state index is 0.0274. The Morgan fingerprint density at radius 2 is 1.81 bits per heavy atom. The second-order valence-corrected chi connectivity index (χ2v) is 4.93. The van der Waals surface area contributed by atoms with E-state index in [9.17, 15) is 14.4 Å². The Morgan fingerprint density at radius 3 is 2.38 bits per heavy atom. The summed E-state index contributed by atoms with van der Waals surface area (Å²) in [5.74, 6) is -0.508. The topological polar surface area (TPSA) is 79.0 Å². The molecule has 0 saturated heterocycles. The van der Waals surface area contributed by atoms with Crippen LogP contribution < -0.4 is 10.7 Å². The number of carbonyl (C=O) groups is 2. The van der Waals surface area contributed by atoms with Gasteiger partial charge in [-0.3, -0.25) is 14.4 Å². The maximum absolute atomic E-state index is 12.1. The maximum atomic E-state index is 12.1. The van der Waals surface area contributed by atoms with Gasteiger partial charge < -0.3 is 10.3 Å². The lowest BCUT2D eigenvalue weighted by molar-refractivity contribution is 0.101. The van der Waals surface area contributed by atoms with Crippen molar-refractivity contribution in [3.05, 3.63) is 63.1 Å². The maximum Gasteiger partial charge on any atom is 0.261 e. The molecule has 2 rings (SSSR count). The molecule has 5 nitrogen and oxygen atoms in total. The lowest BCUT2D eigenvalue weighted by atomic mass is 10.0. The van der Waals surface area contributed by atoms with Crippen LogP contribution in [0.3, 0.4) is 0 Å². The Kier molecular flexibility index (Phi) is 4.03. The van der Waals surface area contributed by atoms with Crippen molar-refractivity contribution in [2.75, 3.05) is 5.32 Å². The van der Waals surface area contributed by atoms with Crippen molar-refractivity contribution in [3.8, 4) is 0 Å². The third-order valence-electron chi connectivity index (χ3n) is 3.17. The molecule has 0 aliphatic heterocycles. The van der Waals surface area contributed by atoms with E-state index in [1.54, 1.807) is 32.0 Å². The van der Waals surface area contributed by atoms with Crippen molar-refractivity contribution in [1.29, 1.82) is 0 Å². The molecule has 0 fully saturated rings. The van der Waals surface area contributed by atoms with Crippen molar-refractivity contribution < 1.29 is 9.59 Å². The van der Waals surface area contributed by atoms with Gasteiger partial charge in [-0.15, -0.1) is 0 Å². The van der Waals surface area contributed by atoms with Gasteiger partial charge in [-0.25, -0.2) is 0 Å². The molecule has 1 amide bonds. The second kappa shape index (κ2) is 5.75. The average molecular weight is 284 g/mol. The zero-order valence-electron chi connectivity index (χ0n) is 12.1. The van der Waals surface area contributed by atoms with Crippen LogP contribution in [0.4, 0.5) is 5.69 Å². The van der Waals surface area contributed by atoms with E-state index in [0.29, 0.717) is 16.9 Å². The van der Waals surface area contributed by atoms with Crippen LogP contribution in [0.5, 0.6) is 0 Å². The molecule has 5 heteroatoms. The number of aryl methyl sites for hydroxylation is 2. The molecule has 0 atom stereocenters. The number of Topliss-reactive ketones (excluding diaryl/α,β-unsaturated/α-hetero) is 1. The van der Waals surface area contributed by atoms with Gasteiger partial charge in [0.25, 0.3) is 5.91 Å². The van der Waals surface area contributed by atoms with Gasteiger partial charge >= 0.3 is 0 Å². The molecule has 0 radical (unpaired) electrons. The van der Waals surface area contributed by atoms with E-state index in [2.05, 4.69) is 10.3 Å². The smallest absolute Gasteiger partial charge is 0.261 e. The van der Waals surface area contributed by atoms with Gasteiger partial charge in [0.2, 0.25) is 0 Å². The van der Waals surface area contributed by atoms with Crippen molar-refractivity contribution in [2.45, 2.75) is 20.8 Å². The summed E-state index contributed by atoms with van der Waals surface area (Å²) >= 11 is 0. The van der Waals surface area contributed by atoms with Crippen LogP contribution in [0.15, 0.2) is 35.3 Å². The zero-order chi connectivity index (χ0) is 15.6. The van der Waals surface area contributed by atoms with Crippen molar-refractivity contribution in [3.63, 3.8) is 0 Å². The van der Waals surface area contributed by atoms with Gasteiger partial charge in [0.05, 0.1) is 0 Å². The van der Waals surface area contributed by atoms with Crippen LogP contribution in [-0.4, -0.2) is 16.7 Å². The predicted octanol–water partition coefficient (Wildman–Crippen LogP) is 2.45. The van der Waals surface area contributed by atoms with Crippen molar-refractivity contribution in [2.24, 2.45) is 0 Å². The minimum atomic E-state index is -0.480. The molecule has 0 saturated carbocycles. The summed E-state index contributed by atoms with van der Waals surface area (Å²) in [5.41, 5.74) is 2.34. The molecule has 2 N–H and O–H groups in total. The number of amides is 1. The van der Waals surface area contributed by atoms with Crippen LogP contribution in [0.2, 0.25) is 0 Å². The number of hydrogen-bond donors (Lipinski definition) is 2. The second-order valence-electron chi connectivity index (χ2n) is 4.93. The Hall–Kier alpha value is -2.69. The minimum Gasteiger partial charge on any atom is -0.364 e. The fraction of sp³-hybridized carbons (Fsp3) is 0.188. The quantitative estimate of drug-likeness (QED) is 0.850. The Bertz CT molecular complexity index is 775. The lowest BCUT2D eigenvalue weighted by Crippen LogP contribution is -2.21. The standard InChI is InChI=1S/C16H16N2O3/c1-9-6-12(4-5-13(9)11(3)19)18-16(21)14-8-17-10(2)7-15(14)20/h4-8H,1-3H3,(H,17,20)(H,18,21). The highest BCUT2D eigenvalue weighted by molar-refractivity contribution is 6.04. The van der Waals surface area contributed by atoms with Gasteiger partial charge in [-0.1, -0.05) is 0 Å². The Balaban J connectivity index is 2.26. The Labute approximate surface area is 122 Å². The van der Waals surface area contributed by atoms with Gasteiger partial charge in [-0.05, 0) is 44.5 Å². The first kappa shape index (κ1) is 14.7. The van der Waals surface area contributed by atoms with E-state index in [4.69, 9.17) is 0 Å². The largest absolute Gasteiger partial charge is 0.364 e. The number of hydrogen-bond acceptors (Lipinski definition) is 3. The molecule has 0 bridgehead atoms. The summed E-state index contributed by atoms with van der Waals surface area (Å²) in [7, 11) is 0. The van der Waals surface area contributed by atoms with E-state index in [1.807, 2.05) is 0 Å². The van der Waals surface area contributed by atoms with Crippen LogP contribution >= 0.6 is 0 Å². The van der Waals surface area contributed by atoms with E-state index >= 15 is 0 Å². The molecule has 2 aromatic rings. The highest BCUT2D eigenvalue weighted by Gasteiger charge is 2.11. The zero-order valence-corrected chi connectivity index (χ0v) is 12.1. The van der Waals surface area contributed by atoms with E-state index in [-0.39, 0.29) is 16.8 Å². The Morgan fingerprint density at radius 1 is 1.10 bits per heavy atom. The average Bonchev–Trinajstić information content (AvgIpc) is 2.37. The number of anilines is 1. The first-order chi connectivity index (χ1) is 9.88. The number of aromatic nitrogens is 1. The third kappa shape index (κ3) is 3.25.